The Morgan fingerprint density at radius 2 is 2.00 bits per heavy atom. The lowest BCUT2D eigenvalue weighted by molar-refractivity contribution is -0.137. The number of alkyl halides is 3. The van der Waals surface area contributed by atoms with Crippen molar-refractivity contribution < 1.29 is 18.3 Å². The molecule has 1 aliphatic rings. The van der Waals surface area contributed by atoms with E-state index in [1.807, 2.05) is 30.2 Å². The number of nitrogens with zero attached hydrogens (tertiary/aromatic N) is 5. The Morgan fingerprint density at radius 1 is 1.18 bits per heavy atom. The number of H-pyrrole nitrogens is 1. The Hall–Kier alpha value is -3.18. The molecule has 4 rings (SSSR count). The summed E-state index contributed by atoms with van der Waals surface area (Å²) in [4.78, 5) is 12.8. The van der Waals surface area contributed by atoms with Crippen molar-refractivity contribution in [3.05, 3.63) is 54.0 Å². The molecule has 8 nitrogen and oxygen atoms in total. The molecule has 3 N–H and O–H groups in total. The van der Waals surface area contributed by atoms with Gasteiger partial charge in [0.2, 0.25) is 0 Å². The number of aromatic nitrogens is 4. The van der Waals surface area contributed by atoms with Crippen LogP contribution in [0.25, 0.3) is 11.3 Å². The molecule has 0 radical (unpaired) electrons. The van der Waals surface area contributed by atoms with Gasteiger partial charge in [0.15, 0.2) is 0 Å². The molecule has 2 atom stereocenters. The Kier molecular flexibility index (Phi) is 7.03. The Bertz CT molecular complexity index is 1070. The van der Waals surface area contributed by atoms with E-state index in [4.69, 9.17) is 0 Å². The second-order valence-electron chi connectivity index (χ2n) is 8.60. The number of hydrogen-bond acceptors (Lipinski definition) is 7. The minimum atomic E-state index is -4.39. The molecule has 0 spiro atoms. The zero-order chi connectivity index (χ0) is 24.3. The van der Waals surface area contributed by atoms with Crippen LogP contribution in [0.2, 0.25) is 0 Å². The maximum atomic E-state index is 12.8. The number of nitrogens with one attached hydrogen (secondary N) is 2. The molecule has 34 heavy (non-hydrogen) atoms. The summed E-state index contributed by atoms with van der Waals surface area (Å²) in [5.74, 6) is 1.24. The molecule has 1 fully saturated rings. The third-order valence-corrected chi connectivity index (χ3v) is 5.81. The third-order valence-electron chi connectivity index (χ3n) is 5.81. The molecule has 182 valence electrons. The summed E-state index contributed by atoms with van der Waals surface area (Å²) in [7, 11) is 0. The van der Waals surface area contributed by atoms with E-state index in [0.29, 0.717) is 31.3 Å². The number of rotatable bonds is 7. The van der Waals surface area contributed by atoms with Gasteiger partial charge in [-0.2, -0.15) is 18.3 Å². The molecule has 3 aromatic rings. The van der Waals surface area contributed by atoms with Crippen molar-refractivity contribution in [1.29, 1.82) is 0 Å². The van der Waals surface area contributed by atoms with Crippen molar-refractivity contribution in [1.82, 2.24) is 25.1 Å². The number of aromatic amines is 1. The average Bonchev–Trinajstić information content (AvgIpc) is 3.26. The van der Waals surface area contributed by atoms with E-state index in [1.54, 1.807) is 13.1 Å². The second-order valence-corrected chi connectivity index (χ2v) is 8.60. The summed E-state index contributed by atoms with van der Waals surface area (Å²) < 4.78 is 38.5. The van der Waals surface area contributed by atoms with Gasteiger partial charge in [-0.25, -0.2) is 9.97 Å². The van der Waals surface area contributed by atoms with E-state index in [2.05, 4.69) is 30.4 Å². The zero-order valence-electron chi connectivity index (χ0n) is 19.0. The van der Waals surface area contributed by atoms with Gasteiger partial charge in [0, 0.05) is 68.5 Å². The molecular weight excluding hydrogens is 447 g/mol. The third kappa shape index (κ3) is 5.65. The number of halogens is 3. The first-order chi connectivity index (χ1) is 16.2. The van der Waals surface area contributed by atoms with Crippen LogP contribution in [0.1, 0.15) is 25.0 Å². The summed E-state index contributed by atoms with van der Waals surface area (Å²) in [5.41, 5.74) is 2.02. The SMILES string of the molecule is CC(O)CNc1ccc(-c2n[nH]cc2CN2CCN(c3ccc(C(F)(F)F)cn3)[C@H](C)C2)cn1. The van der Waals surface area contributed by atoms with Gasteiger partial charge in [-0.3, -0.25) is 10.00 Å². The molecule has 1 unspecified atom stereocenters. The van der Waals surface area contributed by atoms with E-state index < -0.39 is 17.8 Å². The smallest absolute Gasteiger partial charge is 0.392 e. The molecule has 0 aliphatic carbocycles. The molecule has 4 heterocycles. The highest BCUT2D eigenvalue weighted by Gasteiger charge is 2.32. The van der Waals surface area contributed by atoms with Gasteiger partial charge < -0.3 is 15.3 Å². The molecule has 0 bridgehead atoms. The number of pyridine rings is 2. The van der Waals surface area contributed by atoms with Crippen molar-refractivity contribution >= 4 is 11.6 Å². The van der Waals surface area contributed by atoms with E-state index in [1.165, 1.54) is 6.07 Å². The lowest BCUT2D eigenvalue weighted by atomic mass is 10.1. The summed E-state index contributed by atoms with van der Waals surface area (Å²) in [5, 5.41) is 19.8. The Balaban J connectivity index is 1.38. The zero-order valence-corrected chi connectivity index (χ0v) is 19.0. The molecule has 0 saturated carbocycles. The highest BCUT2D eigenvalue weighted by molar-refractivity contribution is 5.63. The minimum absolute atomic E-state index is 0.0919. The predicted molar refractivity (Wildman–Crippen MR) is 123 cm³/mol. The molecule has 3 aromatic heterocycles. The number of anilines is 2. The van der Waals surface area contributed by atoms with Crippen LogP contribution in [0, 0.1) is 0 Å². The number of piperazine rings is 1. The average molecular weight is 476 g/mol. The van der Waals surface area contributed by atoms with Gasteiger partial charge >= 0.3 is 6.18 Å². The van der Waals surface area contributed by atoms with Crippen LogP contribution in [0.3, 0.4) is 0 Å². The normalized spacial score (nSPS) is 18.2. The Labute approximate surface area is 195 Å². The van der Waals surface area contributed by atoms with Gasteiger partial charge in [0.25, 0.3) is 0 Å². The van der Waals surface area contributed by atoms with E-state index in [9.17, 15) is 18.3 Å². The van der Waals surface area contributed by atoms with Crippen LogP contribution in [0.4, 0.5) is 24.8 Å². The van der Waals surface area contributed by atoms with Gasteiger partial charge in [-0.15, -0.1) is 0 Å². The number of aliphatic hydroxyl groups is 1. The monoisotopic (exact) mass is 475 g/mol. The maximum Gasteiger partial charge on any atom is 0.417 e. The highest BCUT2D eigenvalue weighted by Crippen LogP contribution is 2.30. The largest absolute Gasteiger partial charge is 0.417 e. The van der Waals surface area contributed by atoms with Crippen LogP contribution in [-0.2, 0) is 12.7 Å². The molecule has 1 saturated heterocycles. The van der Waals surface area contributed by atoms with Crippen molar-refractivity contribution in [2.75, 3.05) is 36.4 Å². The van der Waals surface area contributed by atoms with Crippen LogP contribution >= 0.6 is 0 Å². The van der Waals surface area contributed by atoms with E-state index >= 15 is 0 Å². The molecular formula is C23H28F3N7O. The van der Waals surface area contributed by atoms with Gasteiger partial charge in [0.1, 0.15) is 11.6 Å². The Morgan fingerprint density at radius 3 is 2.62 bits per heavy atom. The van der Waals surface area contributed by atoms with Gasteiger partial charge in [0.05, 0.1) is 17.4 Å². The molecule has 1 aliphatic heterocycles. The van der Waals surface area contributed by atoms with Gasteiger partial charge in [-0.1, -0.05) is 0 Å². The first-order valence-corrected chi connectivity index (χ1v) is 11.1. The standard InChI is InChI=1S/C23H28F3N7O/c1-15-13-32(7-8-33(15)21-6-4-19(12-29-21)23(24,25)26)14-18-11-30-31-22(18)17-3-5-20(28-10-17)27-9-16(2)34/h3-6,10-12,15-16,34H,7-9,13-14H2,1-2H3,(H,27,28)(H,30,31)/t15-,16?/m1/s1. The maximum absolute atomic E-state index is 12.8. The van der Waals surface area contributed by atoms with Crippen LogP contribution in [-0.4, -0.2) is 68.5 Å². The van der Waals surface area contributed by atoms with Crippen LogP contribution < -0.4 is 10.2 Å². The summed E-state index contributed by atoms with van der Waals surface area (Å²) >= 11 is 0. The fraction of sp³-hybridized carbons (Fsp3) is 0.435. The summed E-state index contributed by atoms with van der Waals surface area (Å²) in [6, 6.07) is 6.41. The van der Waals surface area contributed by atoms with Crippen molar-refractivity contribution in [2.45, 2.75) is 38.7 Å². The molecule has 0 aromatic carbocycles. The molecule has 0 amide bonds. The molecule has 11 heteroatoms. The first-order valence-electron chi connectivity index (χ1n) is 11.1. The summed E-state index contributed by atoms with van der Waals surface area (Å²) in [6.45, 7) is 7.02. The topological polar surface area (TPSA) is 93.2 Å². The van der Waals surface area contributed by atoms with Crippen molar-refractivity contribution in [3.8, 4) is 11.3 Å². The van der Waals surface area contributed by atoms with Crippen molar-refractivity contribution in [3.63, 3.8) is 0 Å². The van der Waals surface area contributed by atoms with Crippen LogP contribution in [0.5, 0.6) is 0 Å². The van der Waals surface area contributed by atoms with E-state index in [0.717, 1.165) is 42.2 Å². The fourth-order valence-electron chi connectivity index (χ4n) is 4.06. The van der Waals surface area contributed by atoms with Gasteiger partial charge in [-0.05, 0) is 38.1 Å². The predicted octanol–water partition coefficient (Wildman–Crippen LogP) is 3.39. The fourth-order valence-corrected chi connectivity index (χ4v) is 4.06. The van der Waals surface area contributed by atoms with Crippen LogP contribution in [0.15, 0.2) is 42.9 Å². The lowest BCUT2D eigenvalue weighted by Gasteiger charge is -2.40. The van der Waals surface area contributed by atoms with E-state index in [-0.39, 0.29) is 6.04 Å². The first kappa shape index (κ1) is 24.0. The second kappa shape index (κ2) is 9.98. The lowest BCUT2D eigenvalue weighted by Crippen LogP contribution is -2.51. The minimum Gasteiger partial charge on any atom is -0.392 e. The number of hydrogen-bond donors (Lipinski definition) is 3. The van der Waals surface area contributed by atoms with Crippen molar-refractivity contribution in [2.24, 2.45) is 0 Å². The number of aliphatic hydroxyl groups excluding tert-OH is 1. The quantitative estimate of drug-likeness (QED) is 0.482. The highest BCUT2D eigenvalue weighted by atomic mass is 19.4. The summed E-state index contributed by atoms with van der Waals surface area (Å²) in [6.07, 6.45) is -0.324.